The van der Waals surface area contributed by atoms with E-state index < -0.39 is 11.8 Å². The predicted molar refractivity (Wildman–Crippen MR) is 73.9 cm³/mol. The van der Waals surface area contributed by atoms with Gasteiger partial charge in [0.25, 0.3) is 5.56 Å². The highest BCUT2D eigenvalue weighted by molar-refractivity contribution is 5.41. The first-order valence-electron chi connectivity index (χ1n) is 6.22. The Morgan fingerprint density at radius 2 is 1.75 bits per heavy atom. The molecule has 0 radical (unpaired) electrons. The third-order valence-corrected chi connectivity index (χ3v) is 3.46. The zero-order valence-corrected chi connectivity index (χ0v) is 11.3. The molecule has 100 valence electrons. The third kappa shape index (κ3) is 2.22. The van der Waals surface area contributed by atoms with Crippen molar-refractivity contribution in [3.8, 4) is 12.1 Å². The summed E-state index contributed by atoms with van der Waals surface area (Å²) in [6, 6.07) is 11.5. The molecule has 1 heterocycles. The van der Waals surface area contributed by atoms with Gasteiger partial charge in [0.05, 0.1) is 12.1 Å². The fourth-order valence-electron chi connectivity index (χ4n) is 2.45. The van der Waals surface area contributed by atoms with Crippen LogP contribution < -0.4 is 5.56 Å². The number of aromatic nitrogens is 2. The van der Waals surface area contributed by atoms with Gasteiger partial charge in [-0.25, -0.2) is 0 Å². The molecule has 2 rings (SSSR count). The molecule has 0 saturated heterocycles. The van der Waals surface area contributed by atoms with E-state index in [9.17, 15) is 15.3 Å². The maximum Gasteiger partial charge on any atom is 0.268 e. The number of H-pyrrole nitrogens is 2. The Hall–Kier alpha value is -2.79. The van der Waals surface area contributed by atoms with Crippen LogP contribution in [0.3, 0.4) is 0 Å². The second kappa shape index (κ2) is 5.46. The standard InChI is InChI=1S/C15H14N4O/c1-9-5-3-4-6-12(9)14(11(7-16)8-17)13-10(2)18-19-15(13)20/h3-6,11,14H,1-2H3,(H2,18,19,20). The lowest BCUT2D eigenvalue weighted by Gasteiger charge is -2.19. The summed E-state index contributed by atoms with van der Waals surface area (Å²) in [6.07, 6.45) is 0. The van der Waals surface area contributed by atoms with Gasteiger partial charge < -0.3 is 5.10 Å². The van der Waals surface area contributed by atoms with E-state index in [-0.39, 0.29) is 5.56 Å². The molecule has 0 aliphatic heterocycles. The van der Waals surface area contributed by atoms with Crippen LogP contribution in [0.2, 0.25) is 0 Å². The fourth-order valence-corrected chi connectivity index (χ4v) is 2.45. The van der Waals surface area contributed by atoms with Crippen molar-refractivity contribution in [2.75, 3.05) is 0 Å². The van der Waals surface area contributed by atoms with Crippen LogP contribution in [0.4, 0.5) is 0 Å². The third-order valence-electron chi connectivity index (χ3n) is 3.46. The lowest BCUT2D eigenvalue weighted by atomic mass is 9.80. The van der Waals surface area contributed by atoms with E-state index in [2.05, 4.69) is 10.2 Å². The summed E-state index contributed by atoms with van der Waals surface area (Å²) in [6.45, 7) is 3.66. The number of aryl methyl sites for hydroxylation is 2. The highest BCUT2D eigenvalue weighted by atomic mass is 16.1. The number of benzene rings is 1. The van der Waals surface area contributed by atoms with Crippen molar-refractivity contribution in [1.82, 2.24) is 10.2 Å². The van der Waals surface area contributed by atoms with Crippen molar-refractivity contribution in [3.05, 3.63) is 57.0 Å². The Morgan fingerprint density at radius 1 is 1.10 bits per heavy atom. The minimum absolute atomic E-state index is 0.286. The molecule has 5 nitrogen and oxygen atoms in total. The van der Waals surface area contributed by atoms with E-state index >= 15 is 0 Å². The Labute approximate surface area is 116 Å². The minimum atomic E-state index is -0.910. The first-order valence-corrected chi connectivity index (χ1v) is 6.22. The lowest BCUT2D eigenvalue weighted by Crippen LogP contribution is -2.20. The molecule has 0 fully saturated rings. The summed E-state index contributed by atoms with van der Waals surface area (Å²) in [5.41, 5.74) is 2.60. The van der Waals surface area contributed by atoms with Crippen LogP contribution >= 0.6 is 0 Å². The van der Waals surface area contributed by atoms with Gasteiger partial charge in [-0.15, -0.1) is 0 Å². The number of nitriles is 2. The van der Waals surface area contributed by atoms with Crippen molar-refractivity contribution >= 4 is 0 Å². The molecule has 1 aromatic carbocycles. The molecule has 0 saturated carbocycles. The second-order valence-electron chi connectivity index (χ2n) is 4.69. The summed E-state index contributed by atoms with van der Waals surface area (Å²) in [5, 5.41) is 23.7. The first-order chi connectivity index (χ1) is 9.60. The maximum absolute atomic E-state index is 12.0. The van der Waals surface area contributed by atoms with Crippen LogP contribution in [-0.2, 0) is 0 Å². The van der Waals surface area contributed by atoms with Gasteiger partial charge in [-0.05, 0) is 25.0 Å². The number of hydrogen-bond donors (Lipinski definition) is 2. The van der Waals surface area contributed by atoms with Crippen molar-refractivity contribution < 1.29 is 0 Å². The molecule has 1 aromatic heterocycles. The van der Waals surface area contributed by atoms with Crippen LogP contribution in [-0.4, -0.2) is 10.2 Å². The summed E-state index contributed by atoms with van der Waals surface area (Å²) < 4.78 is 0. The number of nitrogens with zero attached hydrogens (tertiary/aromatic N) is 2. The van der Waals surface area contributed by atoms with Crippen molar-refractivity contribution in [1.29, 1.82) is 10.5 Å². The van der Waals surface area contributed by atoms with E-state index in [4.69, 9.17) is 0 Å². The van der Waals surface area contributed by atoms with Gasteiger partial charge in [0.15, 0.2) is 0 Å². The molecule has 1 atom stereocenters. The highest BCUT2D eigenvalue weighted by Crippen LogP contribution is 2.32. The van der Waals surface area contributed by atoms with Crippen LogP contribution in [0.15, 0.2) is 29.1 Å². The summed E-state index contributed by atoms with van der Waals surface area (Å²) >= 11 is 0. The second-order valence-corrected chi connectivity index (χ2v) is 4.69. The molecule has 2 N–H and O–H groups in total. The molecular weight excluding hydrogens is 252 g/mol. The van der Waals surface area contributed by atoms with Crippen LogP contribution in [0, 0.1) is 42.4 Å². The first kappa shape index (κ1) is 13.6. The minimum Gasteiger partial charge on any atom is -0.302 e. The molecule has 0 bridgehead atoms. The van der Waals surface area contributed by atoms with Crippen molar-refractivity contribution in [3.63, 3.8) is 0 Å². The predicted octanol–water partition coefficient (Wildman–Crippen LogP) is 2.12. The molecule has 0 aliphatic carbocycles. The van der Waals surface area contributed by atoms with Crippen molar-refractivity contribution in [2.24, 2.45) is 5.92 Å². The zero-order valence-electron chi connectivity index (χ0n) is 11.3. The van der Waals surface area contributed by atoms with E-state index in [0.717, 1.165) is 11.1 Å². The molecule has 0 amide bonds. The number of hydrogen-bond acceptors (Lipinski definition) is 3. The van der Waals surface area contributed by atoms with Gasteiger partial charge >= 0.3 is 0 Å². The van der Waals surface area contributed by atoms with E-state index in [1.165, 1.54) is 0 Å². The molecule has 1 unspecified atom stereocenters. The van der Waals surface area contributed by atoms with Gasteiger partial charge in [-0.1, -0.05) is 24.3 Å². The molecule has 5 heteroatoms. The Balaban J connectivity index is 2.71. The monoisotopic (exact) mass is 266 g/mol. The normalized spacial score (nSPS) is 11.8. The molecule has 0 spiro atoms. The van der Waals surface area contributed by atoms with Gasteiger partial charge in [-0.3, -0.25) is 9.89 Å². The van der Waals surface area contributed by atoms with Crippen LogP contribution in [0.5, 0.6) is 0 Å². The maximum atomic E-state index is 12.0. The number of nitrogens with one attached hydrogen (secondary N) is 2. The summed E-state index contributed by atoms with van der Waals surface area (Å²) in [7, 11) is 0. The molecular formula is C15H14N4O. The van der Waals surface area contributed by atoms with Gasteiger partial charge in [-0.2, -0.15) is 10.5 Å². The fraction of sp³-hybridized carbons (Fsp3) is 0.267. The topological polar surface area (TPSA) is 96.2 Å². The SMILES string of the molecule is Cc1ccccc1C(c1c(C)[nH][nH]c1=O)C(C#N)C#N. The van der Waals surface area contributed by atoms with Gasteiger partial charge in [0.1, 0.15) is 5.92 Å². The smallest absolute Gasteiger partial charge is 0.268 e. The molecule has 2 aromatic rings. The quantitative estimate of drug-likeness (QED) is 0.890. The summed E-state index contributed by atoms with van der Waals surface area (Å²) in [4.78, 5) is 12.0. The van der Waals surface area contributed by atoms with Crippen LogP contribution in [0.1, 0.15) is 28.3 Å². The highest BCUT2D eigenvalue weighted by Gasteiger charge is 2.30. The van der Waals surface area contributed by atoms with Crippen LogP contribution in [0.25, 0.3) is 0 Å². The van der Waals surface area contributed by atoms with E-state index in [0.29, 0.717) is 11.3 Å². The Morgan fingerprint density at radius 3 is 2.25 bits per heavy atom. The van der Waals surface area contributed by atoms with Crippen molar-refractivity contribution in [2.45, 2.75) is 19.8 Å². The molecule has 20 heavy (non-hydrogen) atoms. The molecule has 0 aliphatic rings. The largest absolute Gasteiger partial charge is 0.302 e. The zero-order chi connectivity index (χ0) is 14.7. The van der Waals surface area contributed by atoms with E-state index in [1.807, 2.05) is 43.3 Å². The number of aromatic amines is 2. The lowest BCUT2D eigenvalue weighted by molar-refractivity contribution is 0.696. The average molecular weight is 266 g/mol. The van der Waals surface area contributed by atoms with E-state index in [1.54, 1.807) is 6.92 Å². The average Bonchev–Trinajstić information content (AvgIpc) is 2.77. The van der Waals surface area contributed by atoms with Gasteiger partial charge in [0, 0.05) is 17.2 Å². The Bertz CT molecular complexity index is 743. The summed E-state index contributed by atoms with van der Waals surface area (Å²) in [5.74, 6) is -1.46. The van der Waals surface area contributed by atoms with Gasteiger partial charge in [0.2, 0.25) is 0 Å². The Kier molecular flexibility index (Phi) is 3.72. The number of rotatable bonds is 3.